The van der Waals surface area contributed by atoms with Gasteiger partial charge in [0.2, 0.25) is 20.0 Å². The summed E-state index contributed by atoms with van der Waals surface area (Å²) in [6.07, 6.45) is 3.04. The van der Waals surface area contributed by atoms with Crippen LogP contribution in [0.25, 0.3) is 0 Å². The Hall–Kier alpha value is -0.280. The molecule has 0 aliphatic rings. The molecule has 2 aromatic carbocycles. The monoisotopic (exact) mass is 648 g/mol. The van der Waals surface area contributed by atoms with Gasteiger partial charge in [-0.15, -0.1) is 0 Å². The van der Waals surface area contributed by atoms with E-state index in [1.807, 2.05) is 0 Å². The van der Waals surface area contributed by atoms with Crippen molar-refractivity contribution in [3.8, 4) is 0 Å². The van der Waals surface area contributed by atoms with Crippen molar-refractivity contribution >= 4 is 65.2 Å². The Bertz CT molecular complexity index is 880. The molecular formula is C18H22I2N2O4S2. The number of rotatable bonds is 11. The molecule has 2 aromatic rings. The fourth-order valence-corrected chi connectivity index (χ4v) is 5.28. The van der Waals surface area contributed by atoms with Crippen molar-refractivity contribution in [1.29, 1.82) is 0 Å². The molecular weight excluding hydrogens is 626 g/mol. The Kier molecular flexibility index (Phi) is 9.60. The molecule has 154 valence electrons. The third kappa shape index (κ3) is 7.86. The number of sulfonamides is 2. The van der Waals surface area contributed by atoms with Gasteiger partial charge in [-0.1, -0.05) is 12.8 Å². The second-order valence-electron chi connectivity index (χ2n) is 6.12. The fraction of sp³-hybridized carbons (Fsp3) is 0.333. The van der Waals surface area contributed by atoms with Crippen LogP contribution in [-0.2, 0) is 20.0 Å². The highest BCUT2D eigenvalue weighted by atomic mass is 127. The fourth-order valence-electron chi connectivity index (χ4n) is 2.41. The lowest BCUT2D eigenvalue weighted by molar-refractivity contribution is 0.562. The summed E-state index contributed by atoms with van der Waals surface area (Å²) in [6.45, 7) is 0.728. The average molecular weight is 648 g/mol. The molecule has 6 nitrogen and oxygen atoms in total. The minimum atomic E-state index is -3.47. The summed E-state index contributed by atoms with van der Waals surface area (Å²) in [4.78, 5) is 0.524. The van der Waals surface area contributed by atoms with E-state index in [1.54, 1.807) is 48.5 Å². The molecule has 28 heavy (non-hydrogen) atoms. The van der Waals surface area contributed by atoms with Gasteiger partial charge in [0.25, 0.3) is 0 Å². The summed E-state index contributed by atoms with van der Waals surface area (Å²) in [5, 5.41) is 0. The summed E-state index contributed by atoms with van der Waals surface area (Å²) in [5.41, 5.74) is 0. The third-order valence-corrected chi connectivity index (χ3v) is 8.33. The maximum atomic E-state index is 12.2. The highest BCUT2D eigenvalue weighted by molar-refractivity contribution is 14.1. The molecule has 0 aromatic heterocycles. The molecule has 0 atom stereocenters. The second kappa shape index (κ2) is 11.2. The van der Waals surface area contributed by atoms with Crippen molar-refractivity contribution in [2.45, 2.75) is 35.5 Å². The molecule has 0 radical (unpaired) electrons. The van der Waals surface area contributed by atoms with Gasteiger partial charge in [-0.3, -0.25) is 0 Å². The number of hydrogen-bond donors (Lipinski definition) is 2. The number of halogens is 2. The van der Waals surface area contributed by atoms with Gasteiger partial charge in [0.05, 0.1) is 9.79 Å². The van der Waals surface area contributed by atoms with Crippen molar-refractivity contribution in [2.75, 3.05) is 13.1 Å². The zero-order valence-electron chi connectivity index (χ0n) is 15.1. The quantitative estimate of drug-likeness (QED) is 0.287. The topological polar surface area (TPSA) is 92.3 Å². The van der Waals surface area contributed by atoms with Crippen LogP contribution in [0.3, 0.4) is 0 Å². The van der Waals surface area contributed by atoms with Gasteiger partial charge in [0.15, 0.2) is 0 Å². The molecule has 10 heteroatoms. The number of hydrogen-bond acceptors (Lipinski definition) is 4. The predicted octanol–water partition coefficient (Wildman–Crippen LogP) is 3.71. The normalized spacial score (nSPS) is 12.2. The van der Waals surface area contributed by atoms with Gasteiger partial charge >= 0.3 is 0 Å². The second-order valence-corrected chi connectivity index (χ2v) is 12.1. The van der Waals surface area contributed by atoms with Gasteiger partial charge in [0.1, 0.15) is 0 Å². The number of benzene rings is 2. The molecule has 0 saturated carbocycles. The lowest BCUT2D eigenvalue weighted by Crippen LogP contribution is -2.25. The van der Waals surface area contributed by atoms with Gasteiger partial charge < -0.3 is 0 Å². The Morgan fingerprint density at radius 1 is 0.571 bits per heavy atom. The van der Waals surface area contributed by atoms with Crippen molar-refractivity contribution in [3.63, 3.8) is 0 Å². The summed E-state index contributed by atoms with van der Waals surface area (Å²) in [6, 6.07) is 13.4. The van der Waals surface area contributed by atoms with Crippen molar-refractivity contribution in [3.05, 3.63) is 55.7 Å². The van der Waals surface area contributed by atoms with Crippen LogP contribution in [0, 0.1) is 7.14 Å². The molecule has 0 saturated heterocycles. The van der Waals surface area contributed by atoms with Crippen LogP contribution in [0.2, 0.25) is 0 Å². The molecule has 0 unspecified atom stereocenters. The zero-order chi connectivity index (χ0) is 20.6. The smallest absolute Gasteiger partial charge is 0.211 e. The molecule has 0 amide bonds. The summed E-state index contributed by atoms with van der Waals surface area (Å²) in [7, 11) is -6.95. The van der Waals surface area contributed by atoms with Crippen LogP contribution >= 0.6 is 45.2 Å². The van der Waals surface area contributed by atoms with Gasteiger partial charge in [-0.25, -0.2) is 26.3 Å². The zero-order valence-corrected chi connectivity index (χ0v) is 21.0. The largest absolute Gasteiger partial charge is 0.240 e. The molecule has 0 spiro atoms. The van der Waals surface area contributed by atoms with E-state index in [-0.39, 0.29) is 9.79 Å². The minimum Gasteiger partial charge on any atom is -0.211 e. The van der Waals surface area contributed by atoms with Gasteiger partial charge in [-0.05, 0) is 107 Å². The van der Waals surface area contributed by atoms with Crippen LogP contribution in [0.15, 0.2) is 58.3 Å². The van der Waals surface area contributed by atoms with E-state index in [1.165, 1.54) is 0 Å². The first-order valence-electron chi connectivity index (χ1n) is 8.71. The van der Waals surface area contributed by atoms with Gasteiger partial charge in [0, 0.05) is 20.2 Å². The summed E-state index contributed by atoms with van der Waals surface area (Å²) in [5.74, 6) is 0. The molecule has 0 heterocycles. The van der Waals surface area contributed by atoms with Crippen LogP contribution in [-0.4, -0.2) is 29.9 Å². The summed E-state index contributed by atoms with van der Waals surface area (Å²) < 4.78 is 55.8. The molecule has 2 rings (SSSR count). The van der Waals surface area contributed by atoms with E-state index in [2.05, 4.69) is 54.6 Å². The third-order valence-electron chi connectivity index (χ3n) is 3.94. The van der Waals surface area contributed by atoms with E-state index in [9.17, 15) is 16.8 Å². The Labute approximate surface area is 194 Å². The van der Waals surface area contributed by atoms with E-state index in [0.717, 1.165) is 20.0 Å². The highest BCUT2D eigenvalue weighted by Crippen LogP contribution is 2.13. The van der Waals surface area contributed by atoms with Crippen LogP contribution in [0.1, 0.15) is 25.7 Å². The number of nitrogens with one attached hydrogen (secondary N) is 2. The minimum absolute atomic E-state index is 0.262. The maximum Gasteiger partial charge on any atom is 0.240 e. The standard InChI is InChI=1S/C18H22I2N2O4S2/c19-15-5-9-17(10-6-15)27(23,24)21-13-3-1-2-4-14-22-28(25,26)18-11-7-16(20)8-12-18/h5-12,21-22H,1-4,13-14H2. The van der Waals surface area contributed by atoms with Crippen molar-refractivity contribution in [2.24, 2.45) is 0 Å². The van der Waals surface area contributed by atoms with Crippen molar-refractivity contribution in [1.82, 2.24) is 9.44 Å². The maximum absolute atomic E-state index is 12.2. The lowest BCUT2D eigenvalue weighted by atomic mass is 10.2. The first-order valence-corrected chi connectivity index (χ1v) is 13.8. The molecule has 2 N–H and O–H groups in total. The Morgan fingerprint density at radius 3 is 1.21 bits per heavy atom. The first kappa shape index (κ1) is 24.0. The summed E-state index contributed by atoms with van der Waals surface area (Å²) >= 11 is 4.25. The SMILES string of the molecule is O=S(=O)(NCCCCCCNS(=O)(=O)c1ccc(I)cc1)c1ccc(I)cc1. The number of unbranched alkanes of at least 4 members (excludes halogenated alkanes) is 3. The van der Waals surface area contributed by atoms with E-state index >= 15 is 0 Å². The highest BCUT2D eigenvalue weighted by Gasteiger charge is 2.13. The molecule has 0 fully saturated rings. The van der Waals surface area contributed by atoms with E-state index in [0.29, 0.717) is 25.9 Å². The average Bonchev–Trinajstić information content (AvgIpc) is 2.64. The van der Waals surface area contributed by atoms with Crippen LogP contribution < -0.4 is 9.44 Å². The van der Waals surface area contributed by atoms with Crippen LogP contribution in [0.5, 0.6) is 0 Å². The van der Waals surface area contributed by atoms with Crippen molar-refractivity contribution < 1.29 is 16.8 Å². The van der Waals surface area contributed by atoms with Crippen LogP contribution in [0.4, 0.5) is 0 Å². The van der Waals surface area contributed by atoms with E-state index < -0.39 is 20.0 Å². The first-order chi connectivity index (χ1) is 13.2. The van der Waals surface area contributed by atoms with Gasteiger partial charge in [-0.2, -0.15) is 0 Å². The predicted molar refractivity (Wildman–Crippen MR) is 127 cm³/mol. The lowest BCUT2D eigenvalue weighted by Gasteiger charge is -2.08. The van der Waals surface area contributed by atoms with E-state index in [4.69, 9.17) is 0 Å². The Morgan fingerprint density at radius 2 is 0.893 bits per heavy atom. The molecule has 0 aliphatic carbocycles. The molecule has 0 aliphatic heterocycles. The Balaban J connectivity index is 1.63. The molecule has 0 bridgehead atoms.